The molecule has 1 aliphatic carbocycles. The van der Waals surface area contributed by atoms with E-state index in [0.717, 1.165) is 19.1 Å². The highest BCUT2D eigenvalue weighted by Crippen LogP contribution is 2.40. The molecule has 3 rings (SSSR count). The van der Waals surface area contributed by atoms with Crippen LogP contribution < -0.4 is 0 Å². The van der Waals surface area contributed by atoms with Crippen molar-refractivity contribution in [2.75, 3.05) is 13.1 Å². The third-order valence-electron chi connectivity index (χ3n) is 4.16. The molecule has 1 amide bonds. The Balaban J connectivity index is 1.62. The summed E-state index contributed by atoms with van der Waals surface area (Å²) in [6.45, 7) is 7.52. The van der Waals surface area contributed by atoms with E-state index in [9.17, 15) is 4.79 Å². The Morgan fingerprint density at radius 1 is 1.00 bits per heavy atom. The molecule has 0 spiro atoms. The minimum absolute atomic E-state index is 0.130. The summed E-state index contributed by atoms with van der Waals surface area (Å²) in [4.78, 5) is 16.7. The fourth-order valence-corrected chi connectivity index (χ4v) is 3.38. The van der Waals surface area contributed by atoms with Gasteiger partial charge in [0.25, 0.3) is 0 Å². The molecule has 2 heterocycles. The van der Waals surface area contributed by atoms with E-state index in [-0.39, 0.29) is 11.7 Å². The Labute approximate surface area is 109 Å². The van der Waals surface area contributed by atoms with Crippen LogP contribution in [0.1, 0.15) is 46.5 Å². The molecule has 4 nitrogen and oxygen atoms in total. The molecule has 18 heavy (non-hydrogen) atoms. The second-order valence-electron chi connectivity index (χ2n) is 6.95. The fraction of sp³-hybridized carbons (Fsp3) is 0.929. The number of hydrogen-bond donors (Lipinski definition) is 0. The third kappa shape index (κ3) is 2.35. The van der Waals surface area contributed by atoms with Gasteiger partial charge >= 0.3 is 6.09 Å². The summed E-state index contributed by atoms with van der Waals surface area (Å²) in [5, 5.41) is 0. The molecule has 0 aromatic carbocycles. The number of likely N-dealkylation sites (tertiary alicyclic amines) is 1. The first-order valence-electron chi connectivity index (χ1n) is 7.19. The van der Waals surface area contributed by atoms with Gasteiger partial charge in [-0.15, -0.1) is 0 Å². The Morgan fingerprint density at radius 3 is 1.94 bits per heavy atom. The Morgan fingerprint density at radius 2 is 1.50 bits per heavy atom. The third-order valence-corrected chi connectivity index (χ3v) is 4.16. The van der Waals surface area contributed by atoms with Crippen molar-refractivity contribution in [3.05, 3.63) is 0 Å². The average molecular weight is 252 g/mol. The number of amides is 1. The van der Waals surface area contributed by atoms with Crippen LogP contribution in [0.5, 0.6) is 0 Å². The zero-order chi connectivity index (χ0) is 12.9. The van der Waals surface area contributed by atoms with Crippen LogP contribution in [0.25, 0.3) is 0 Å². The minimum Gasteiger partial charge on any atom is -0.444 e. The van der Waals surface area contributed by atoms with Gasteiger partial charge < -0.3 is 9.64 Å². The van der Waals surface area contributed by atoms with Crippen molar-refractivity contribution in [2.45, 2.75) is 70.2 Å². The second kappa shape index (κ2) is 4.12. The van der Waals surface area contributed by atoms with Crippen molar-refractivity contribution >= 4 is 6.09 Å². The van der Waals surface area contributed by atoms with Crippen LogP contribution in [0.4, 0.5) is 4.79 Å². The van der Waals surface area contributed by atoms with Crippen LogP contribution in [0.15, 0.2) is 0 Å². The quantitative estimate of drug-likeness (QED) is 0.717. The summed E-state index contributed by atoms with van der Waals surface area (Å²) >= 11 is 0. The molecule has 2 unspecified atom stereocenters. The first-order valence-corrected chi connectivity index (χ1v) is 7.19. The van der Waals surface area contributed by atoms with Gasteiger partial charge in [-0.05, 0) is 46.5 Å². The van der Waals surface area contributed by atoms with Crippen LogP contribution in [0.3, 0.4) is 0 Å². The molecular formula is C14H24N2O2. The Bertz CT molecular complexity index is 332. The van der Waals surface area contributed by atoms with Crippen LogP contribution in [0.2, 0.25) is 0 Å². The fourth-order valence-electron chi connectivity index (χ4n) is 3.38. The summed E-state index contributed by atoms with van der Waals surface area (Å²) < 4.78 is 5.48. The summed E-state index contributed by atoms with van der Waals surface area (Å²) in [5.41, 5.74) is -0.385. The molecule has 0 radical (unpaired) electrons. The highest BCUT2D eigenvalue weighted by Gasteiger charge is 2.47. The Hall–Kier alpha value is -0.770. The highest BCUT2D eigenvalue weighted by atomic mass is 16.6. The largest absolute Gasteiger partial charge is 0.444 e. The predicted molar refractivity (Wildman–Crippen MR) is 69.5 cm³/mol. The number of hydrogen-bond acceptors (Lipinski definition) is 3. The maximum absolute atomic E-state index is 12.1. The lowest BCUT2D eigenvalue weighted by molar-refractivity contribution is -0.000242. The first-order chi connectivity index (χ1) is 8.44. The van der Waals surface area contributed by atoms with Gasteiger partial charge in [0.05, 0.1) is 0 Å². The van der Waals surface area contributed by atoms with Gasteiger partial charge in [-0.25, -0.2) is 4.79 Å². The lowest BCUT2D eigenvalue weighted by atomic mass is 10.2. The minimum atomic E-state index is -0.385. The number of fused-ring (bicyclic) bond motifs is 2. The van der Waals surface area contributed by atoms with Crippen molar-refractivity contribution in [3.63, 3.8) is 0 Å². The maximum Gasteiger partial charge on any atom is 0.410 e. The van der Waals surface area contributed by atoms with E-state index in [2.05, 4.69) is 4.90 Å². The highest BCUT2D eigenvalue weighted by molar-refractivity contribution is 5.68. The number of nitrogens with zero attached hydrogens (tertiary/aromatic N) is 2. The molecule has 2 aliphatic heterocycles. The topological polar surface area (TPSA) is 32.8 Å². The van der Waals surface area contributed by atoms with E-state index >= 15 is 0 Å². The summed E-state index contributed by atoms with van der Waals surface area (Å²) in [7, 11) is 0. The molecule has 2 bridgehead atoms. The molecule has 2 saturated heterocycles. The van der Waals surface area contributed by atoms with Crippen molar-refractivity contribution in [1.82, 2.24) is 9.80 Å². The first kappa shape index (κ1) is 12.3. The molecule has 0 aromatic rings. The molecule has 4 heteroatoms. The number of carbonyl (C=O) groups excluding carboxylic acids is 1. The van der Waals surface area contributed by atoms with E-state index in [1.165, 1.54) is 25.7 Å². The van der Waals surface area contributed by atoms with Crippen molar-refractivity contribution in [2.24, 2.45) is 0 Å². The molecule has 102 valence electrons. The van der Waals surface area contributed by atoms with Crippen molar-refractivity contribution in [3.8, 4) is 0 Å². The van der Waals surface area contributed by atoms with Gasteiger partial charge in [0.2, 0.25) is 0 Å². The average Bonchev–Trinajstić information content (AvgIpc) is 3.04. The van der Waals surface area contributed by atoms with Crippen LogP contribution >= 0.6 is 0 Å². The van der Waals surface area contributed by atoms with E-state index in [1.807, 2.05) is 25.7 Å². The molecular weight excluding hydrogens is 228 g/mol. The maximum atomic E-state index is 12.1. The SMILES string of the molecule is CC(C)(C)OC(=O)N1CC2CCC(C1)N2C1CC1. The van der Waals surface area contributed by atoms with Gasteiger partial charge in [0.15, 0.2) is 0 Å². The van der Waals surface area contributed by atoms with Crippen LogP contribution in [-0.2, 0) is 4.74 Å². The van der Waals surface area contributed by atoms with Gasteiger partial charge in [0.1, 0.15) is 5.60 Å². The van der Waals surface area contributed by atoms with Crippen LogP contribution in [0, 0.1) is 0 Å². The van der Waals surface area contributed by atoms with Gasteiger partial charge in [0, 0.05) is 31.2 Å². The summed E-state index contributed by atoms with van der Waals surface area (Å²) in [5.74, 6) is 0. The predicted octanol–water partition coefficient (Wildman–Crippen LogP) is 2.23. The van der Waals surface area contributed by atoms with Gasteiger partial charge in [-0.2, -0.15) is 0 Å². The number of ether oxygens (including phenoxy) is 1. The van der Waals surface area contributed by atoms with Crippen molar-refractivity contribution in [1.29, 1.82) is 0 Å². The molecule has 0 N–H and O–H groups in total. The normalized spacial score (nSPS) is 32.7. The lowest BCUT2D eigenvalue weighted by Crippen LogP contribution is -2.56. The van der Waals surface area contributed by atoms with Crippen LogP contribution in [-0.4, -0.2) is 52.7 Å². The number of piperazine rings is 1. The van der Waals surface area contributed by atoms with E-state index < -0.39 is 0 Å². The zero-order valence-electron chi connectivity index (χ0n) is 11.7. The van der Waals surface area contributed by atoms with Crippen molar-refractivity contribution < 1.29 is 9.53 Å². The Kier molecular flexibility index (Phi) is 2.81. The second-order valence-corrected chi connectivity index (χ2v) is 6.95. The molecule has 0 aromatic heterocycles. The van der Waals surface area contributed by atoms with Gasteiger partial charge in [-0.1, -0.05) is 0 Å². The lowest BCUT2D eigenvalue weighted by Gasteiger charge is -2.41. The van der Waals surface area contributed by atoms with E-state index in [1.54, 1.807) is 0 Å². The van der Waals surface area contributed by atoms with E-state index in [4.69, 9.17) is 4.74 Å². The van der Waals surface area contributed by atoms with E-state index in [0.29, 0.717) is 12.1 Å². The molecule has 2 atom stereocenters. The summed E-state index contributed by atoms with van der Waals surface area (Å²) in [6.07, 6.45) is 5.09. The molecule has 1 saturated carbocycles. The monoisotopic (exact) mass is 252 g/mol. The standard InChI is InChI=1S/C14H24N2O2/c1-14(2,3)18-13(17)15-8-11-6-7-12(9-15)16(11)10-4-5-10/h10-12H,4-9H2,1-3H3. The molecule has 3 fully saturated rings. The number of carbonyl (C=O) groups is 1. The van der Waals surface area contributed by atoms with Gasteiger partial charge in [-0.3, -0.25) is 4.90 Å². The molecule has 3 aliphatic rings. The smallest absolute Gasteiger partial charge is 0.410 e. The number of rotatable bonds is 1. The summed E-state index contributed by atoms with van der Waals surface area (Å²) in [6, 6.07) is 2.00. The zero-order valence-corrected chi connectivity index (χ0v) is 11.7.